The molecule has 1 aromatic heterocycles. The molecule has 0 radical (unpaired) electrons. The van der Waals surface area contributed by atoms with Crippen LogP contribution in [0.25, 0.3) is 0 Å². The largest absolute Gasteiger partial charge is 0.461 e. The van der Waals surface area contributed by atoms with Gasteiger partial charge in [-0.05, 0) is 87.2 Å². The average Bonchev–Trinajstić information content (AvgIpc) is 3.60. The van der Waals surface area contributed by atoms with E-state index in [4.69, 9.17) is 4.74 Å². The summed E-state index contributed by atoms with van der Waals surface area (Å²) >= 11 is 1.38. The van der Waals surface area contributed by atoms with Crippen LogP contribution in [0.5, 0.6) is 0 Å². The Morgan fingerprint density at radius 1 is 1.07 bits per heavy atom. The molecule has 7 heteroatoms. The molecule has 0 bridgehead atoms. The standard InChI is InChI=1S/C22H28N4O2S/c1-3-28-21(27)19-20(24-22(29-2)26-25-19)23-18-12-10-17(11-13-18)16-8-6-15(7-9-16)14-4-5-14/h10-16H,3-9H2,1-2H3,(H,23,24,26). The van der Waals surface area contributed by atoms with Gasteiger partial charge in [0, 0.05) is 5.69 Å². The Bertz CT molecular complexity index is 846. The van der Waals surface area contributed by atoms with Crippen LogP contribution in [0, 0.1) is 11.8 Å². The molecule has 154 valence electrons. The summed E-state index contributed by atoms with van der Waals surface area (Å²) in [5.41, 5.74) is 2.38. The van der Waals surface area contributed by atoms with Crippen molar-refractivity contribution in [1.29, 1.82) is 0 Å². The lowest BCUT2D eigenvalue weighted by Gasteiger charge is -2.29. The average molecular weight is 413 g/mol. The highest BCUT2D eigenvalue weighted by Gasteiger charge is 2.34. The molecule has 6 nitrogen and oxygen atoms in total. The summed E-state index contributed by atoms with van der Waals surface area (Å²) in [6.07, 6.45) is 10.1. The van der Waals surface area contributed by atoms with Crippen molar-refractivity contribution in [3.63, 3.8) is 0 Å². The number of carbonyl (C=O) groups is 1. The van der Waals surface area contributed by atoms with Gasteiger partial charge >= 0.3 is 5.97 Å². The second-order valence-corrected chi connectivity index (χ2v) is 8.69. The van der Waals surface area contributed by atoms with Crippen LogP contribution in [0.3, 0.4) is 0 Å². The van der Waals surface area contributed by atoms with Gasteiger partial charge in [-0.1, -0.05) is 23.9 Å². The van der Waals surface area contributed by atoms with Gasteiger partial charge in [0.15, 0.2) is 5.82 Å². The van der Waals surface area contributed by atoms with Crippen molar-refractivity contribution in [3.8, 4) is 0 Å². The molecule has 29 heavy (non-hydrogen) atoms. The summed E-state index contributed by atoms with van der Waals surface area (Å²) in [5.74, 6) is 2.53. The number of nitrogens with one attached hydrogen (secondary N) is 1. The van der Waals surface area contributed by atoms with E-state index in [0.717, 1.165) is 17.5 Å². The molecule has 2 aliphatic carbocycles. The summed E-state index contributed by atoms with van der Waals surface area (Å²) in [5, 5.41) is 11.7. The van der Waals surface area contributed by atoms with Gasteiger partial charge in [-0.15, -0.1) is 10.2 Å². The van der Waals surface area contributed by atoms with E-state index >= 15 is 0 Å². The van der Waals surface area contributed by atoms with Crippen molar-refractivity contribution < 1.29 is 9.53 Å². The van der Waals surface area contributed by atoms with E-state index in [9.17, 15) is 4.79 Å². The summed E-state index contributed by atoms with van der Waals surface area (Å²) in [6.45, 7) is 2.04. The molecule has 1 heterocycles. The lowest BCUT2D eigenvalue weighted by atomic mass is 9.77. The van der Waals surface area contributed by atoms with Gasteiger partial charge in [0.2, 0.25) is 10.9 Å². The first kappa shape index (κ1) is 20.1. The van der Waals surface area contributed by atoms with E-state index in [1.807, 2.05) is 6.26 Å². The minimum absolute atomic E-state index is 0.104. The molecule has 2 fully saturated rings. The highest BCUT2D eigenvalue weighted by atomic mass is 32.2. The Morgan fingerprint density at radius 2 is 1.72 bits per heavy atom. The summed E-state index contributed by atoms with van der Waals surface area (Å²) in [6, 6.07) is 8.49. The third-order valence-corrected chi connectivity index (χ3v) is 6.56. The van der Waals surface area contributed by atoms with Gasteiger partial charge in [0.05, 0.1) is 6.61 Å². The molecule has 0 unspecified atom stereocenters. The lowest BCUT2D eigenvalue weighted by Crippen LogP contribution is -2.15. The Morgan fingerprint density at radius 3 is 2.31 bits per heavy atom. The minimum Gasteiger partial charge on any atom is -0.461 e. The zero-order chi connectivity index (χ0) is 20.2. The summed E-state index contributed by atoms with van der Waals surface area (Å²) in [4.78, 5) is 16.6. The predicted octanol–water partition coefficient (Wildman–Crippen LogP) is 5.20. The van der Waals surface area contributed by atoms with Crippen LogP contribution < -0.4 is 5.32 Å². The molecular weight excluding hydrogens is 384 g/mol. The van der Waals surface area contributed by atoms with Gasteiger partial charge in [-0.3, -0.25) is 0 Å². The number of hydrogen-bond acceptors (Lipinski definition) is 7. The van der Waals surface area contributed by atoms with Crippen molar-refractivity contribution >= 4 is 29.2 Å². The number of anilines is 2. The predicted molar refractivity (Wildman–Crippen MR) is 115 cm³/mol. The first-order chi connectivity index (χ1) is 14.2. The lowest BCUT2D eigenvalue weighted by molar-refractivity contribution is 0.0518. The molecule has 2 aliphatic rings. The molecule has 4 rings (SSSR count). The van der Waals surface area contributed by atoms with Crippen molar-refractivity contribution in [2.75, 3.05) is 18.2 Å². The van der Waals surface area contributed by atoms with E-state index in [1.54, 1.807) is 6.92 Å². The maximum atomic E-state index is 12.2. The second kappa shape index (κ2) is 9.11. The number of benzene rings is 1. The van der Waals surface area contributed by atoms with Crippen LogP contribution in [-0.4, -0.2) is 34.0 Å². The fourth-order valence-corrected chi connectivity index (χ4v) is 4.59. The highest BCUT2D eigenvalue weighted by Crippen LogP contribution is 2.47. The van der Waals surface area contributed by atoms with Crippen LogP contribution >= 0.6 is 11.8 Å². The smallest absolute Gasteiger partial charge is 0.362 e. The first-order valence-corrected chi connectivity index (χ1v) is 11.7. The number of nitrogens with zero attached hydrogens (tertiary/aromatic N) is 3. The van der Waals surface area contributed by atoms with Gasteiger partial charge in [0.25, 0.3) is 0 Å². The highest BCUT2D eigenvalue weighted by molar-refractivity contribution is 7.98. The van der Waals surface area contributed by atoms with Gasteiger partial charge in [-0.2, -0.15) is 0 Å². The summed E-state index contributed by atoms with van der Waals surface area (Å²) < 4.78 is 5.08. The number of ether oxygens (including phenoxy) is 1. The van der Waals surface area contributed by atoms with Gasteiger partial charge in [0.1, 0.15) is 0 Å². The zero-order valence-corrected chi connectivity index (χ0v) is 17.9. The third kappa shape index (κ3) is 4.89. The maximum Gasteiger partial charge on any atom is 0.362 e. The quantitative estimate of drug-likeness (QED) is 0.495. The van der Waals surface area contributed by atoms with Crippen LogP contribution in [0.1, 0.15) is 67.4 Å². The van der Waals surface area contributed by atoms with Gasteiger partial charge in [-0.25, -0.2) is 9.78 Å². The zero-order valence-electron chi connectivity index (χ0n) is 17.1. The Kier molecular flexibility index (Phi) is 6.33. The monoisotopic (exact) mass is 412 g/mol. The number of carbonyl (C=O) groups excluding carboxylic acids is 1. The SMILES string of the molecule is CCOC(=O)c1nnc(SC)nc1Nc1ccc(C2CCC(C3CC3)CC2)cc1. The number of aromatic nitrogens is 3. The molecular formula is C22H28N4O2S. The van der Waals surface area contributed by atoms with E-state index in [0.29, 0.717) is 16.9 Å². The van der Waals surface area contributed by atoms with Crippen LogP contribution in [0.4, 0.5) is 11.5 Å². The number of rotatable bonds is 7. The van der Waals surface area contributed by atoms with E-state index in [1.165, 1.54) is 55.9 Å². The molecule has 2 saturated carbocycles. The van der Waals surface area contributed by atoms with Crippen LogP contribution in [-0.2, 0) is 4.74 Å². The van der Waals surface area contributed by atoms with Gasteiger partial charge < -0.3 is 10.1 Å². The molecule has 0 amide bonds. The molecule has 0 saturated heterocycles. The van der Waals surface area contributed by atoms with E-state index in [-0.39, 0.29) is 12.3 Å². The fourth-order valence-electron chi connectivity index (χ4n) is 4.29. The first-order valence-electron chi connectivity index (χ1n) is 10.5. The van der Waals surface area contributed by atoms with E-state index < -0.39 is 5.97 Å². The third-order valence-electron chi connectivity index (χ3n) is 6.02. The van der Waals surface area contributed by atoms with Crippen LogP contribution in [0.15, 0.2) is 29.4 Å². The van der Waals surface area contributed by atoms with Crippen molar-refractivity contribution in [3.05, 3.63) is 35.5 Å². The molecule has 1 aromatic carbocycles. The molecule has 0 atom stereocenters. The number of esters is 1. The Hall–Kier alpha value is -2.15. The van der Waals surface area contributed by atoms with Crippen molar-refractivity contribution in [1.82, 2.24) is 15.2 Å². The Balaban J connectivity index is 1.45. The maximum absolute atomic E-state index is 12.2. The molecule has 0 spiro atoms. The normalized spacial score (nSPS) is 21.6. The van der Waals surface area contributed by atoms with Crippen molar-refractivity contribution in [2.24, 2.45) is 11.8 Å². The Labute approximate surface area is 176 Å². The molecule has 1 N–H and O–H groups in total. The molecule has 0 aliphatic heterocycles. The molecule has 2 aromatic rings. The fraction of sp³-hybridized carbons (Fsp3) is 0.545. The minimum atomic E-state index is -0.522. The van der Waals surface area contributed by atoms with Crippen molar-refractivity contribution in [2.45, 2.75) is 56.5 Å². The van der Waals surface area contributed by atoms with E-state index in [2.05, 4.69) is 44.8 Å². The topological polar surface area (TPSA) is 77.0 Å². The van der Waals surface area contributed by atoms with Crippen LogP contribution in [0.2, 0.25) is 0 Å². The number of hydrogen-bond donors (Lipinski definition) is 1. The second-order valence-electron chi connectivity index (χ2n) is 7.91. The summed E-state index contributed by atoms with van der Waals surface area (Å²) in [7, 11) is 0. The number of thioether (sulfide) groups is 1.